The maximum Gasteiger partial charge on any atom is 0.416 e. The first-order valence-corrected chi connectivity index (χ1v) is 10.3. The molecule has 0 amide bonds. The zero-order chi connectivity index (χ0) is 22.0. The normalized spacial score (nSPS) is 14.6. The molecule has 3 aromatic rings. The molecule has 1 aliphatic heterocycles. The summed E-state index contributed by atoms with van der Waals surface area (Å²) in [6.45, 7) is 2.41. The molecule has 1 aromatic heterocycles. The van der Waals surface area contributed by atoms with Gasteiger partial charge in [0.05, 0.1) is 11.3 Å². The summed E-state index contributed by atoms with van der Waals surface area (Å²) in [5.74, 6) is 0.782. The Morgan fingerprint density at radius 3 is 2.35 bits per heavy atom. The zero-order valence-electron chi connectivity index (χ0n) is 16.9. The summed E-state index contributed by atoms with van der Waals surface area (Å²) in [6, 6.07) is 17.3. The van der Waals surface area contributed by atoms with E-state index in [0.29, 0.717) is 37.0 Å². The molecule has 0 atom stereocenters. The second kappa shape index (κ2) is 8.58. The second-order valence-electron chi connectivity index (χ2n) is 7.36. The second-order valence-corrected chi connectivity index (χ2v) is 7.74. The topological polar surface area (TPSA) is 36.3 Å². The minimum absolute atomic E-state index is 0.575. The molecule has 4 rings (SSSR count). The van der Waals surface area contributed by atoms with Crippen LogP contribution < -0.4 is 10.2 Å². The number of hydrogen-bond acceptors (Lipinski definition) is 3. The molecule has 0 bridgehead atoms. The van der Waals surface area contributed by atoms with E-state index in [1.165, 1.54) is 12.1 Å². The van der Waals surface area contributed by atoms with Crippen LogP contribution in [-0.2, 0) is 13.2 Å². The monoisotopic (exact) mass is 445 g/mol. The fraction of sp³-hybridized carbons (Fsp3) is 0.273. The number of aryl methyl sites for hydroxylation is 1. The smallest absolute Gasteiger partial charge is 0.368 e. The van der Waals surface area contributed by atoms with Crippen molar-refractivity contribution in [2.24, 2.45) is 7.05 Å². The van der Waals surface area contributed by atoms with Gasteiger partial charge >= 0.3 is 6.18 Å². The molecule has 0 aliphatic carbocycles. The molecule has 1 aliphatic rings. The molecular weight excluding hydrogens is 423 g/mol. The lowest BCUT2D eigenvalue weighted by Gasteiger charge is -2.37. The van der Waals surface area contributed by atoms with Gasteiger partial charge in [-0.25, -0.2) is 0 Å². The molecule has 2 heterocycles. The molecule has 0 saturated carbocycles. The number of nitrogens with one attached hydrogen (secondary N) is 1. The first-order chi connectivity index (χ1) is 14.8. The van der Waals surface area contributed by atoms with Crippen LogP contribution in [0.4, 0.5) is 24.7 Å². The number of halogens is 3. The first kappa shape index (κ1) is 21.2. The fourth-order valence-corrected chi connectivity index (χ4v) is 3.86. The number of benzene rings is 2. The van der Waals surface area contributed by atoms with Crippen LogP contribution in [0.15, 0.2) is 60.7 Å². The highest BCUT2D eigenvalue weighted by Crippen LogP contribution is 2.32. The summed E-state index contributed by atoms with van der Waals surface area (Å²) < 4.78 is 40.7. The van der Waals surface area contributed by atoms with Crippen molar-refractivity contribution in [1.82, 2.24) is 14.7 Å². The van der Waals surface area contributed by atoms with Crippen LogP contribution in [0.25, 0.3) is 11.3 Å². The van der Waals surface area contributed by atoms with E-state index in [1.54, 1.807) is 10.7 Å². The number of aromatic nitrogens is 2. The van der Waals surface area contributed by atoms with Crippen molar-refractivity contribution < 1.29 is 13.2 Å². The van der Waals surface area contributed by atoms with Crippen molar-refractivity contribution >= 4 is 28.8 Å². The lowest BCUT2D eigenvalue weighted by atomic mass is 10.1. The maximum atomic E-state index is 13.0. The fourth-order valence-electron chi connectivity index (χ4n) is 3.57. The highest BCUT2D eigenvalue weighted by molar-refractivity contribution is 7.80. The van der Waals surface area contributed by atoms with Gasteiger partial charge in [0.1, 0.15) is 5.82 Å². The van der Waals surface area contributed by atoms with Gasteiger partial charge in [-0.05, 0) is 30.4 Å². The number of alkyl halides is 3. The van der Waals surface area contributed by atoms with Crippen molar-refractivity contribution in [3.8, 4) is 11.3 Å². The van der Waals surface area contributed by atoms with Gasteiger partial charge in [0.15, 0.2) is 5.11 Å². The summed E-state index contributed by atoms with van der Waals surface area (Å²) in [5.41, 5.74) is 1.82. The third-order valence-electron chi connectivity index (χ3n) is 5.29. The number of hydrogen-bond donors (Lipinski definition) is 1. The first-order valence-electron chi connectivity index (χ1n) is 9.89. The van der Waals surface area contributed by atoms with Gasteiger partial charge < -0.3 is 15.1 Å². The predicted octanol–water partition coefficient (Wildman–Crippen LogP) is 4.62. The molecule has 0 unspecified atom stereocenters. The van der Waals surface area contributed by atoms with Crippen LogP contribution in [-0.4, -0.2) is 46.0 Å². The number of nitrogens with zero attached hydrogens (tertiary/aromatic N) is 4. The molecule has 5 nitrogen and oxygen atoms in total. The molecule has 1 fully saturated rings. The van der Waals surface area contributed by atoms with Crippen molar-refractivity contribution in [3.63, 3.8) is 0 Å². The summed E-state index contributed by atoms with van der Waals surface area (Å²) in [7, 11) is 1.85. The van der Waals surface area contributed by atoms with E-state index in [9.17, 15) is 13.2 Å². The zero-order valence-corrected chi connectivity index (χ0v) is 17.7. The van der Waals surface area contributed by atoms with Crippen LogP contribution in [0.5, 0.6) is 0 Å². The Kier molecular flexibility index (Phi) is 5.86. The number of piperazine rings is 1. The molecule has 162 valence electrons. The average molecular weight is 446 g/mol. The molecule has 1 N–H and O–H groups in total. The molecule has 0 radical (unpaired) electrons. The van der Waals surface area contributed by atoms with E-state index < -0.39 is 11.7 Å². The van der Waals surface area contributed by atoms with Gasteiger partial charge in [0, 0.05) is 50.5 Å². The van der Waals surface area contributed by atoms with Crippen LogP contribution in [0.1, 0.15) is 5.56 Å². The van der Waals surface area contributed by atoms with E-state index in [0.717, 1.165) is 23.1 Å². The van der Waals surface area contributed by atoms with Gasteiger partial charge in [-0.3, -0.25) is 4.68 Å². The maximum absolute atomic E-state index is 13.0. The molecular formula is C22H22F3N5S. The Morgan fingerprint density at radius 2 is 1.68 bits per heavy atom. The van der Waals surface area contributed by atoms with Crippen molar-refractivity contribution in [2.75, 3.05) is 36.4 Å². The Labute approximate surface area is 184 Å². The van der Waals surface area contributed by atoms with Crippen LogP contribution in [0.2, 0.25) is 0 Å². The van der Waals surface area contributed by atoms with Crippen molar-refractivity contribution in [2.45, 2.75) is 6.18 Å². The lowest BCUT2D eigenvalue weighted by molar-refractivity contribution is -0.137. The van der Waals surface area contributed by atoms with E-state index in [2.05, 4.69) is 10.4 Å². The highest BCUT2D eigenvalue weighted by atomic mass is 32.1. The lowest BCUT2D eigenvalue weighted by Crippen LogP contribution is -2.50. The minimum atomic E-state index is -4.34. The van der Waals surface area contributed by atoms with Crippen LogP contribution in [0, 0.1) is 0 Å². The predicted molar refractivity (Wildman–Crippen MR) is 120 cm³/mol. The van der Waals surface area contributed by atoms with E-state index in [-0.39, 0.29) is 0 Å². The Bertz CT molecular complexity index is 1060. The third kappa shape index (κ3) is 4.82. The van der Waals surface area contributed by atoms with Crippen LogP contribution >= 0.6 is 12.2 Å². The van der Waals surface area contributed by atoms with E-state index in [4.69, 9.17) is 12.2 Å². The van der Waals surface area contributed by atoms with Gasteiger partial charge in [0.2, 0.25) is 0 Å². The summed E-state index contributed by atoms with van der Waals surface area (Å²) in [5, 5.41) is 8.35. The molecule has 31 heavy (non-hydrogen) atoms. The standard InChI is InChI=1S/C22H22F3N5S/c1-28-20(15-19(27-28)16-6-3-2-4-7-16)26-21(31)30-12-10-29(11-13-30)18-9-5-8-17(14-18)22(23,24)25/h2-9,14-15H,10-13H2,1H3,(H,26,31). The molecule has 1 saturated heterocycles. The van der Waals surface area contributed by atoms with Gasteiger partial charge in [-0.15, -0.1) is 0 Å². The third-order valence-corrected chi connectivity index (χ3v) is 5.65. The highest BCUT2D eigenvalue weighted by Gasteiger charge is 2.31. The van der Waals surface area contributed by atoms with Gasteiger partial charge in [0.25, 0.3) is 0 Å². The number of thiocarbonyl (C=S) groups is 1. The van der Waals surface area contributed by atoms with Gasteiger partial charge in [-0.2, -0.15) is 18.3 Å². The molecule has 0 spiro atoms. The van der Waals surface area contributed by atoms with Crippen molar-refractivity contribution in [3.05, 3.63) is 66.2 Å². The number of anilines is 2. The Hall–Kier alpha value is -3.07. The SMILES string of the molecule is Cn1nc(-c2ccccc2)cc1NC(=S)N1CCN(c2cccc(C(F)(F)F)c2)CC1. The molecule has 9 heteroatoms. The van der Waals surface area contributed by atoms with E-state index >= 15 is 0 Å². The largest absolute Gasteiger partial charge is 0.416 e. The van der Waals surface area contributed by atoms with E-state index in [1.807, 2.05) is 53.2 Å². The quantitative estimate of drug-likeness (QED) is 0.595. The van der Waals surface area contributed by atoms with Crippen LogP contribution in [0.3, 0.4) is 0 Å². The Balaban J connectivity index is 1.38. The van der Waals surface area contributed by atoms with Crippen molar-refractivity contribution in [1.29, 1.82) is 0 Å². The minimum Gasteiger partial charge on any atom is -0.368 e. The molecule has 2 aromatic carbocycles. The average Bonchev–Trinajstić information content (AvgIpc) is 3.14. The summed E-state index contributed by atoms with van der Waals surface area (Å²) in [6.07, 6.45) is -4.34. The number of rotatable bonds is 3. The summed E-state index contributed by atoms with van der Waals surface area (Å²) in [4.78, 5) is 3.97. The Morgan fingerprint density at radius 1 is 0.968 bits per heavy atom. The summed E-state index contributed by atoms with van der Waals surface area (Å²) >= 11 is 5.57. The van der Waals surface area contributed by atoms with Gasteiger partial charge in [-0.1, -0.05) is 36.4 Å².